The van der Waals surface area contributed by atoms with Crippen LogP contribution >= 0.6 is 0 Å². The second kappa shape index (κ2) is 4.93. The van der Waals surface area contributed by atoms with Crippen molar-refractivity contribution >= 4 is 0 Å². The molecule has 2 unspecified atom stereocenters. The summed E-state index contributed by atoms with van der Waals surface area (Å²) in [6.07, 6.45) is -5.37. The minimum atomic E-state index is -1.88. The van der Waals surface area contributed by atoms with Gasteiger partial charge in [-0.05, 0) is 0 Å². The number of nitriles is 1. The Labute approximate surface area is 105 Å². The van der Waals surface area contributed by atoms with Crippen molar-refractivity contribution in [3.05, 3.63) is 32.6 Å². The second-order valence-electron chi connectivity index (χ2n) is 4.00. The van der Waals surface area contributed by atoms with Gasteiger partial charge in [0.1, 0.15) is 23.8 Å². The van der Waals surface area contributed by atoms with Crippen LogP contribution in [0.25, 0.3) is 0 Å². The number of hydrogen-bond acceptors (Lipinski definition) is 6. The van der Waals surface area contributed by atoms with Crippen LogP contribution in [-0.4, -0.2) is 44.8 Å². The molecule has 19 heavy (non-hydrogen) atoms. The highest BCUT2D eigenvalue weighted by atomic mass is 19.1. The minimum absolute atomic E-state index is 0.377. The highest BCUT2D eigenvalue weighted by molar-refractivity contribution is 5.22. The first-order valence-corrected chi connectivity index (χ1v) is 5.33. The summed E-state index contributed by atoms with van der Waals surface area (Å²) >= 11 is 0. The summed E-state index contributed by atoms with van der Waals surface area (Å²) < 4.78 is 19.2. The molecular weight excluding hydrogens is 261 g/mol. The average molecular weight is 271 g/mol. The number of hydrogen-bond donors (Lipinski definition) is 3. The predicted octanol–water partition coefficient (Wildman–Crippen LogP) is -2.00. The molecule has 8 nitrogen and oxygen atoms in total. The average Bonchev–Trinajstić information content (AvgIpc) is 2.67. The molecule has 9 heteroatoms. The van der Waals surface area contributed by atoms with Gasteiger partial charge in [-0.1, -0.05) is 0 Å². The van der Waals surface area contributed by atoms with Gasteiger partial charge in [-0.3, -0.25) is 14.3 Å². The number of nitrogens with zero attached hydrogens (tertiary/aromatic N) is 2. The van der Waals surface area contributed by atoms with Gasteiger partial charge >= 0.3 is 5.69 Å². The third-order valence-corrected chi connectivity index (χ3v) is 2.83. The summed E-state index contributed by atoms with van der Waals surface area (Å²) in [4.78, 5) is 24.6. The molecule has 0 saturated carbocycles. The molecule has 1 aliphatic heterocycles. The molecule has 1 aromatic rings. The SMILES string of the molecule is N#Cc1cn([C@H]2O[C@@H](CO)C(F)C2O)c(=O)[nH]c1=O. The Balaban J connectivity index is 2.46. The van der Waals surface area contributed by atoms with Crippen molar-refractivity contribution in [2.24, 2.45) is 0 Å². The summed E-state index contributed by atoms with van der Waals surface area (Å²) in [5.41, 5.74) is -2.20. The molecule has 0 aromatic carbocycles. The number of aliphatic hydroxyl groups excluding tert-OH is 2. The van der Waals surface area contributed by atoms with E-state index in [1.165, 1.54) is 0 Å². The Morgan fingerprint density at radius 3 is 2.79 bits per heavy atom. The van der Waals surface area contributed by atoms with Gasteiger partial charge in [0.25, 0.3) is 5.56 Å². The Morgan fingerprint density at radius 2 is 2.26 bits per heavy atom. The van der Waals surface area contributed by atoms with Crippen molar-refractivity contribution < 1.29 is 19.3 Å². The maximum Gasteiger partial charge on any atom is 0.330 e. The molecule has 1 saturated heterocycles. The van der Waals surface area contributed by atoms with Crippen molar-refractivity contribution in [2.75, 3.05) is 6.61 Å². The first-order valence-electron chi connectivity index (χ1n) is 5.33. The molecule has 1 aromatic heterocycles. The number of alkyl halides is 1. The van der Waals surface area contributed by atoms with Crippen LogP contribution in [0.15, 0.2) is 15.8 Å². The van der Waals surface area contributed by atoms with Gasteiger partial charge in [-0.15, -0.1) is 0 Å². The fourth-order valence-electron chi connectivity index (χ4n) is 1.84. The molecule has 2 rings (SSSR count). The van der Waals surface area contributed by atoms with Gasteiger partial charge in [0, 0.05) is 6.20 Å². The fourth-order valence-corrected chi connectivity index (χ4v) is 1.84. The van der Waals surface area contributed by atoms with Crippen LogP contribution < -0.4 is 11.2 Å². The summed E-state index contributed by atoms with van der Waals surface area (Å²) in [7, 11) is 0. The third kappa shape index (κ3) is 2.17. The standard InChI is InChI=1S/C10H10FN3O5/c11-6-5(3-15)19-9(7(6)16)14-2-4(1-12)8(17)13-10(14)18/h2,5-7,9,15-16H,3H2,(H,13,17,18)/t5-,6?,7?,9-/m0/s1. The molecule has 4 atom stereocenters. The van der Waals surface area contributed by atoms with E-state index in [2.05, 4.69) is 0 Å². The number of aromatic amines is 1. The number of ether oxygens (including phenoxy) is 1. The van der Waals surface area contributed by atoms with Gasteiger partial charge in [0.2, 0.25) is 0 Å². The predicted molar refractivity (Wildman–Crippen MR) is 57.9 cm³/mol. The molecule has 1 fully saturated rings. The first-order chi connectivity index (χ1) is 8.99. The minimum Gasteiger partial charge on any atom is -0.394 e. The largest absolute Gasteiger partial charge is 0.394 e. The Hall–Kier alpha value is -2.02. The highest BCUT2D eigenvalue weighted by Crippen LogP contribution is 2.30. The zero-order valence-corrected chi connectivity index (χ0v) is 9.49. The summed E-state index contributed by atoms with van der Waals surface area (Å²) in [5, 5.41) is 27.2. The number of H-pyrrole nitrogens is 1. The van der Waals surface area contributed by atoms with Crippen LogP contribution in [-0.2, 0) is 4.74 Å². The summed E-state index contributed by atoms with van der Waals surface area (Å²) in [5.74, 6) is 0. The molecule has 0 radical (unpaired) electrons. The molecule has 1 aliphatic rings. The van der Waals surface area contributed by atoms with Crippen LogP contribution in [0.3, 0.4) is 0 Å². The lowest BCUT2D eigenvalue weighted by Gasteiger charge is -2.16. The van der Waals surface area contributed by atoms with E-state index in [0.717, 1.165) is 6.20 Å². The van der Waals surface area contributed by atoms with Crippen molar-refractivity contribution in [1.29, 1.82) is 5.26 Å². The molecule has 2 heterocycles. The maximum atomic E-state index is 13.5. The van der Waals surface area contributed by atoms with Crippen molar-refractivity contribution in [2.45, 2.75) is 24.6 Å². The van der Waals surface area contributed by atoms with E-state index in [9.17, 15) is 19.1 Å². The van der Waals surface area contributed by atoms with Gasteiger partial charge in [0.05, 0.1) is 6.61 Å². The molecule has 102 valence electrons. The van der Waals surface area contributed by atoms with Gasteiger partial charge in [0.15, 0.2) is 12.4 Å². The van der Waals surface area contributed by atoms with E-state index in [-0.39, 0.29) is 5.56 Å². The van der Waals surface area contributed by atoms with Crippen molar-refractivity contribution in [1.82, 2.24) is 9.55 Å². The topological polar surface area (TPSA) is 128 Å². The van der Waals surface area contributed by atoms with Crippen molar-refractivity contribution in [3.63, 3.8) is 0 Å². The Kier molecular flexibility index (Phi) is 3.48. The molecule has 0 amide bonds. The smallest absolute Gasteiger partial charge is 0.330 e. The van der Waals surface area contributed by atoms with E-state index in [4.69, 9.17) is 15.1 Å². The molecule has 3 N–H and O–H groups in total. The monoisotopic (exact) mass is 271 g/mol. The molecule has 0 aliphatic carbocycles. The summed E-state index contributed by atoms with van der Waals surface area (Å²) in [6.45, 7) is -0.669. The van der Waals surface area contributed by atoms with Crippen molar-refractivity contribution in [3.8, 4) is 6.07 Å². The maximum absolute atomic E-state index is 13.5. The van der Waals surface area contributed by atoms with E-state index in [1.807, 2.05) is 4.98 Å². The lowest BCUT2D eigenvalue weighted by molar-refractivity contribution is -0.0538. The number of nitrogens with one attached hydrogen (secondary N) is 1. The van der Waals surface area contributed by atoms with Gasteiger partial charge in [-0.2, -0.15) is 5.26 Å². The lowest BCUT2D eigenvalue weighted by atomic mass is 10.1. The zero-order valence-electron chi connectivity index (χ0n) is 9.49. The molecule has 0 spiro atoms. The number of aromatic nitrogens is 2. The summed E-state index contributed by atoms with van der Waals surface area (Å²) in [6, 6.07) is 1.55. The molecular formula is C10H10FN3O5. The van der Waals surface area contributed by atoms with E-state index in [1.54, 1.807) is 6.07 Å². The van der Waals surface area contributed by atoms with Crippen LogP contribution in [0.5, 0.6) is 0 Å². The van der Waals surface area contributed by atoms with Crippen LogP contribution in [0, 0.1) is 11.3 Å². The fraction of sp³-hybridized carbons (Fsp3) is 0.500. The normalized spacial score (nSPS) is 30.2. The van der Waals surface area contributed by atoms with E-state index in [0.29, 0.717) is 4.57 Å². The van der Waals surface area contributed by atoms with Crippen LogP contribution in [0.4, 0.5) is 4.39 Å². The number of aliphatic hydroxyl groups is 2. The Morgan fingerprint density at radius 1 is 1.58 bits per heavy atom. The third-order valence-electron chi connectivity index (χ3n) is 2.83. The lowest BCUT2D eigenvalue weighted by Crippen LogP contribution is -2.37. The van der Waals surface area contributed by atoms with Gasteiger partial charge < -0.3 is 14.9 Å². The van der Waals surface area contributed by atoms with Crippen LogP contribution in [0.1, 0.15) is 11.8 Å². The Bertz CT molecular complexity index is 633. The first kappa shape index (κ1) is 13.4. The number of rotatable bonds is 2. The second-order valence-corrected chi connectivity index (χ2v) is 4.00. The number of halogens is 1. The zero-order chi connectivity index (χ0) is 14.2. The van der Waals surface area contributed by atoms with E-state index >= 15 is 0 Å². The van der Waals surface area contributed by atoms with E-state index < -0.39 is 42.5 Å². The molecule has 0 bridgehead atoms. The van der Waals surface area contributed by atoms with Crippen LogP contribution in [0.2, 0.25) is 0 Å². The van der Waals surface area contributed by atoms with Gasteiger partial charge in [-0.25, -0.2) is 9.18 Å². The highest BCUT2D eigenvalue weighted by Gasteiger charge is 2.45. The quantitative estimate of drug-likeness (QED) is 0.570.